The van der Waals surface area contributed by atoms with Crippen LogP contribution < -0.4 is 16.1 Å². The Morgan fingerprint density at radius 2 is 1.81 bits per heavy atom. The maximum Gasteiger partial charge on any atom is 0.257 e. The van der Waals surface area contributed by atoms with E-state index in [1.54, 1.807) is 48.5 Å². The number of para-hydroxylation sites is 1. The van der Waals surface area contributed by atoms with Gasteiger partial charge >= 0.3 is 0 Å². The predicted octanol–water partition coefficient (Wildman–Crippen LogP) is 1.96. The van der Waals surface area contributed by atoms with Gasteiger partial charge in [0, 0.05) is 22.8 Å². The lowest BCUT2D eigenvalue weighted by atomic mass is 10.1. The highest BCUT2D eigenvalue weighted by Crippen LogP contribution is 2.10. The van der Waals surface area contributed by atoms with E-state index in [0.717, 1.165) is 5.56 Å². The molecule has 0 spiro atoms. The lowest BCUT2D eigenvalue weighted by Gasteiger charge is -2.08. The van der Waals surface area contributed by atoms with Gasteiger partial charge in [-0.25, -0.2) is 0 Å². The van der Waals surface area contributed by atoms with Crippen molar-refractivity contribution < 1.29 is 9.59 Å². The monoisotopic (exact) mass is 360 g/mol. The van der Waals surface area contributed by atoms with Crippen molar-refractivity contribution in [3.63, 3.8) is 0 Å². The topological polar surface area (TPSA) is 115 Å². The van der Waals surface area contributed by atoms with Gasteiger partial charge in [0.2, 0.25) is 11.3 Å². The van der Waals surface area contributed by atoms with Crippen molar-refractivity contribution in [2.24, 2.45) is 0 Å². The van der Waals surface area contributed by atoms with Crippen LogP contribution in [0.25, 0.3) is 10.9 Å². The number of carbonyl (C=O) groups is 2. The van der Waals surface area contributed by atoms with E-state index in [-0.39, 0.29) is 12.1 Å². The highest BCUT2D eigenvalue weighted by atomic mass is 16.2. The van der Waals surface area contributed by atoms with Crippen LogP contribution in [-0.2, 0) is 11.2 Å². The number of pyridine rings is 1. The number of amides is 2. The molecular weight excluding hydrogens is 344 g/mol. The van der Waals surface area contributed by atoms with Crippen LogP contribution in [-0.4, -0.2) is 23.3 Å². The van der Waals surface area contributed by atoms with Crippen LogP contribution in [0.5, 0.6) is 0 Å². The number of hydrogen-bond donors (Lipinski definition) is 3. The van der Waals surface area contributed by atoms with Crippen molar-refractivity contribution in [2.75, 3.05) is 11.9 Å². The number of benzene rings is 2. The molecule has 7 nitrogen and oxygen atoms in total. The molecule has 3 aromatic rings. The minimum atomic E-state index is -0.624. The zero-order valence-electron chi connectivity index (χ0n) is 14.3. The molecule has 0 atom stereocenters. The second kappa shape index (κ2) is 7.97. The summed E-state index contributed by atoms with van der Waals surface area (Å²) in [6.45, 7) is -0.273. The van der Waals surface area contributed by atoms with E-state index in [9.17, 15) is 14.4 Å². The number of H-pyrrole nitrogens is 1. The summed E-state index contributed by atoms with van der Waals surface area (Å²) in [4.78, 5) is 39.5. The van der Waals surface area contributed by atoms with Crippen LogP contribution in [0.4, 0.5) is 5.69 Å². The Kier molecular flexibility index (Phi) is 5.28. The molecule has 0 bridgehead atoms. The summed E-state index contributed by atoms with van der Waals surface area (Å²) < 4.78 is 0. The molecule has 0 saturated carbocycles. The Labute approximate surface area is 154 Å². The smallest absolute Gasteiger partial charge is 0.257 e. The maximum absolute atomic E-state index is 12.4. The van der Waals surface area contributed by atoms with E-state index in [1.807, 2.05) is 6.07 Å². The highest BCUT2D eigenvalue weighted by Gasteiger charge is 2.14. The molecular formula is C20H16N4O3. The molecule has 0 fully saturated rings. The number of hydrogen-bond acceptors (Lipinski definition) is 4. The third-order valence-corrected chi connectivity index (χ3v) is 3.96. The van der Waals surface area contributed by atoms with E-state index in [1.165, 1.54) is 6.20 Å². The summed E-state index contributed by atoms with van der Waals surface area (Å²) in [6, 6.07) is 15.8. The molecule has 7 heteroatoms. The van der Waals surface area contributed by atoms with Crippen LogP contribution in [0, 0.1) is 11.3 Å². The Balaban J connectivity index is 1.62. The Bertz CT molecular complexity index is 1090. The number of nitrogens with zero attached hydrogens (tertiary/aromatic N) is 1. The molecule has 2 aromatic carbocycles. The fourth-order valence-corrected chi connectivity index (χ4v) is 2.59. The highest BCUT2D eigenvalue weighted by molar-refractivity contribution is 6.00. The number of anilines is 1. The van der Waals surface area contributed by atoms with E-state index >= 15 is 0 Å². The molecule has 27 heavy (non-hydrogen) atoms. The van der Waals surface area contributed by atoms with Crippen LogP contribution in [0.15, 0.2) is 59.5 Å². The fraction of sp³-hybridized carbons (Fsp3) is 0.100. The molecule has 134 valence electrons. The van der Waals surface area contributed by atoms with Crippen molar-refractivity contribution in [1.29, 1.82) is 5.26 Å². The predicted molar refractivity (Wildman–Crippen MR) is 101 cm³/mol. The Morgan fingerprint density at radius 1 is 1.07 bits per heavy atom. The average molecular weight is 360 g/mol. The first-order valence-electron chi connectivity index (χ1n) is 8.23. The SMILES string of the molecule is N#CCc1ccc(NC(=O)CNC(=O)c2c[nH]c3ccccc3c2=O)cc1. The number of aromatic amines is 1. The zero-order valence-corrected chi connectivity index (χ0v) is 14.3. The van der Waals surface area contributed by atoms with Crippen LogP contribution in [0.3, 0.4) is 0 Å². The zero-order chi connectivity index (χ0) is 19.2. The van der Waals surface area contributed by atoms with Crippen molar-refractivity contribution in [3.8, 4) is 6.07 Å². The van der Waals surface area contributed by atoms with Crippen molar-refractivity contribution in [1.82, 2.24) is 10.3 Å². The molecule has 0 aliphatic carbocycles. The van der Waals surface area contributed by atoms with Gasteiger partial charge in [0.25, 0.3) is 5.91 Å². The summed E-state index contributed by atoms with van der Waals surface area (Å²) in [6.07, 6.45) is 1.64. The largest absolute Gasteiger partial charge is 0.360 e. The molecule has 0 radical (unpaired) electrons. The van der Waals surface area contributed by atoms with E-state index in [4.69, 9.17) is 5.26 Å². The molecule has 0 aliphatic heterocycles. The molecule has 3 rings (SSSR count). The van der Waals surface area contributed by atoms with Crippen LogP contribution >= 0.6 is 0 Å². The van der Waals surface area contributed by atoms with E-state index < -0.39 is 17.2 Å². The number of nitrogens with one attached hydrogen (secondary N) is 3. The first kappa shape index (κ1) is 17.9. The second-order valence-electron chi connectivity index (χ2n) is 5.84. The lowest BCUT2D eigenvalue weighted by molar-refractivity contribution is -0.115. The summed E-state index contributed by atoms with van der Waals surface area (Å²) >= 11 is 0. The van der Waals surface area contributed by atoms with Crippen LogP contribution in [0.2, 0.25) is 0 Å². The standard InChI is InChI=1S/C20H16N4O3/c21-10-9-13-5-7-14(8-6-13)24-18(25)12-23-20(27)16-11-22-17-4-2-1-3-15(17)19(16)26/h1-8,11H,9,12H2,(H,22,26)(H,23,27)(H,24,25). The first-order chi connectivity index (χ1) is 13.1. The summed E-state index contributed by atoms with van der Waals surface area (Å²) in [7, 11) is 0. The average Bonchev–Trinajstić information content (AvgIpc) is 2.68. The van der Waals surface area contributed by atoms with Gasteiger partial charge in [-0.05, 0) is 29.8 Å². The molecule has 0 unspecified atom stereocenters. The van der Waals surface area contributed by atoms with Gasteiger partial charge in [-0.15, -0.1) is 0 Å². The van der Waals surface area contributed by atoms with Gasteiger partial charge in [0.05, 0.1) is 19.0 Å². The van der Waals surface area contributed by atoms with Gasteiger partial charge in [-0.2, -0.15) is 5.26 Å². The normalized spacial score (nSPS) is 10.2. The van der Waals surface area contributed by atoms with Gasteiger partial charge in [0.1, 0.15) is 5.56 Å². The summed E-state index contributed by atoms with van der Waals surface area (Å²) in [5.41, 5.74) is 1.59. The Morgan fingerprint density at radius 3 is 2.56 bits per heavy atom. The first-order valence-corrected chi connectivity index (χ1v) is 8.23. The number of fused-ring (bicyclic) bond motifs is 1. The minimum absolute atomic E-state index is 0.0534. The van der Waals surface area contributed by atoms with Crippen molar-refractivity contribution in [3.05, 3.63) is 76.1 Å². The van der Waals surface area contributed by atoms with Gasteiger partial charge in [-0.3, -0.25) is 14.4 Å². The molecule has 0 saturated heterocycles. The molecule has 0 aliphatic rings. The van der Waals surface area contributed by atoms with Crippen molar-refractivity contribution >= 4 is 28.4 Å². The van der Waals surface area contributed by atoms with Gasteiger partial charge in [-0.1, -0.05) is 24.3 Å². The van der Waals surface area contributed by atoms with Gasteiger partial charge in [0.15, 0.2) is 0 Å². The van der Waals surface area contributed by atoms with Crippen LogP contribution in [0.1, 0.15) is 15.9 Å². The van der Waals surface area contributed by atoms with E-state index in [2.05, 4.69) is 15.6 Å². The molecule has 1 heterocycles. The van der Waals surface area contributed by atoms with E-state index in [0.29, 0.717) is 23.0 Å². The second-order valence-corrected chi connectivity index (χ2v) is 5.84. The number of aromatic nitrogens is 1. The quantitative estimate of drug-likeness (QED) is 0.645. The minimum Gasteiger partial charge on any atom is -0.360 e. The summed E-state index contributed by atoms with van der Waals surface area (Å²) in [5, 5.41) is 14.1. The molecule has 2 amide bonds. The molecule has 1 aromatic heterocycles. The summed E-state index contributed by atoms with van der Waals surface area (Å²) in [5.74, 6) is -1.05. The fourth-order valence-electron chi connectivity index (χ4n) is 2.59. The number of nitriles is 1. The molecule has 3 N–H and O–H groups in total. The van der Waals surface area contributed by atoms with Gasteiger partial charge < -0.3 is 15.6 Å². The third-order valence-electron chi connectivity index (χ3n) is 3.96. The third kappa shape index (κ3) is 4.19. The Hall–Kier alpha value is -3.92. The number of rotatable bonds is 5. The lowest BCUT2D eigenvalue weighted by Crippen LogP contribution is -2.35. The number of carbonyl (C=O) groups excluding carboxylic acids is 2. The maximum atomic E-state index is 12.4. The van der Waals surface area contributed by atoms with Crippen molar-refractivity contribution in [2.45, 2.75) is 6.42 Å².